The first-order chi connectivity index (χ1) is 10.2. The number of carbonyl (C=O) groups is 1. The van der Waals surface area contributed by atoms with E-state index in [0.717, 1.165) is 38.8 Å². The van der Waals surface area contributed by atoms with Gasteiger partial charge in [0, 0.05) is 24.5 Å². The highest BCUT2D eigenvalue weighted by atomic mass is 16.2. The first-order valence-corrected chi connectivity index (χ1v) is 8.33. The molecule has 0 spiro atoms. The quantitative estimate of drug-likeness (QED) is 0.902. The summed E-state index contributed by atoms with van der Waals surface area (Å²) in [6.45, 7) is 4.61. The SMILES string of the molecule is CC[C@@]1(NCC(=O)N2CCCCC2)C[C@H]1c1ccccc1. The molecule has 3 rings (SSSR count). The molecule has 1 saturated heterocycles. The summed E-state index contributed by atoms with van der Waals surface area (Å²) in [5.74, 6) is 0.846. The van der Waals surface area contributed by atoms with E-state index in [4.69, 9.17) is 0 Å². The number of benzene rings is 1. The Labute approximate surface area is 127 Å². The minimum atomic E-state index is 0.146. The van der Waals surface area contributed by atoms with Crippen LogP contribution in [0.3, 0.4) is 0 Å². The van der Waals surface area contributed by atoms with Crippen molar-refractivity contribution in [3.8, 4) is 0 Å². The summed E-state index contributed by atoms with van der Waals surface area (Å²) in [6.07, 6.45) is 5.83. The van der Waals surface area contributed by atoms with Crippen molar-refractivity contribution in [3.05, 3.63) is 35.9 Å². The molecule has 0 bridgehead atoms. The van der Waals surface area contributed by atoms with Gasteiger partial charge in [-0.15, -0.1) is 0 Å². The molecule has 2 fully saturated rings. The van der Waals surface area contributed by atoms with E-state index in [1.165, 1.54) is 12.0 Å². The van der Waals surface area contributed by atoms with Crippen LogP contribution in [0.2, 0.25) is 0 Å². The third-order valence-electron chi connectivity index (χ3n) is 5.21. The Kier molecular flexibility index (Phi) is 4.29. The van der Waals surface area contributed by atoms with Crippen LogP contribution in [-0.2, 0) is 4.79 Å². The van der Waals surface area contributed by atoms with Crippen molar-refractivity contribution in [1.82, 2.24) is 10.2 Å². The van der Waals surface area contributed by atoms with Gasteiger partial charge in [0.1, 0.15) is 0 Å². The van der Waals surface area contributed by atoms with Crippen molar-refractivity contribution >= 4 is 5.91 Å². The summed E-state index contributed by atoms with van der Waals surface area (Å²) in [7, 11) is 0. The van der Waals surface area contributed by atoms with Gasteiger partial charge in [0.2, 0.25) is 5.91 Å². The summed E-state index contributed by atoms with van der Waals surface area (Å²) >= 11 is 0. The first kappa shape index (κ1) is 14.6. The van der Waals surface area contributed by atoms with Crippen LogP contribution in [0.1, 0.15) is 50.5 Å². The molecular formula is C18H26N2O. The van der Waals surface area contributed by atoms with Crippen LogP contribution in [0, 0.1) is 0 Å². The molecule has 0 radical (unpaired) electrons. The zero-order valence-corrected chi connectivity index (χ0v) is 13.0. The van der Waals surface area contributed by atoms with E-state index in [1.54, 1.807) is 0 Å². The largest absolute Gasteiger partial charge is 0.342 e. The van der Waals surface area contributed by atoms with Crippen LogP contribution in [0.4, 0.5) is 0 Å². The van der Waals surface area contributed by atoms with E-state index in [-0.39, 0.29) is 11.4 Å². The van der Waals surface area contributed by atoms with Gasteiger partial charge in [-0.3, -0.25) is 4.79 Å². The second-order valence-corrected chi connectivity index (χ2v) is 6.47. The van der Waals surface area contributed by atoms with E-state index in [2.05, 4.69) is 42.6 Å². The molecule has 1 heterocycles. The molecule has 3 heteroatoms. The van der Waals surface area contributed by atoms with Crippen LogP contribution in [0.25, 0.3) is 0 Å². The molecule has 0 unspecified atom stereocenters. The number of piperidine rings is 1. The van der Waals surface area contributed by atoms with Gasteiger partial charge in [0.25, 0.3) is 0 Å². The molecule has 21 heavy (non-hydrogen) atoms. The number of amides is 1. The number of hydrogen-bond acceptors (Lipinski definition) is 2. The summed E-state index contributed by atoms with van der Waals surface area (Å²) in [5.41, 5.74) is 1.55. The fourth-order valence-electron chi connectivity index (χ4n) is 3.65. The average Bonchev–Trinajstić information content (AvgIpc) is 3.29. The maximum atomic E-state index is 12.3. The average molecular weight is 286 g/mol. The van der Waals surface area contributed by atoms with Crippen molar-refractivity contribution in [2.45, 2.75) is 50.5 Å². The van der Waals surface area contributed by atoms with Crippen molar-refractivity contribution in [2.24, 2.45) is 0 Å². The van der Waals surface area contributed by atoms with Gasteiger partial charge in [0.05, 0.1) is 6.54 Å². The highest BCUT2D eigenvalue weighted by Gasteiger charge is 2.53. The molecule has 1 amide bonds. The molecule has 1 aromatic carbocycles. The normalized spacial score (nSPS) is 28.4. The lowest BCUT2D eigenvalue weighted by Crippen LogP contribution is -2.45. The maximum absolute atomic E-state index is 12.3. The number of likely N-dealkylation sites (tertiary alicyclic amines) is 1. The third-order valence-corrected chi connectivity index (χ3v) is 5.21. The molecule has 1 aliphatic heterocycles. The molecule has 1 N–H and O–H groups in total. The third kappa shape index (κ3) is 3.13. The van der Waals surface area contributed by atoms with E-state index < -0.39 is 0 Å². The molecule has 3 nitrogen and oxygen atoms in total. The van der Waals surface area contributed by atoms with Crippen LogP contribution >= 0.6 is 0 Å². The number of nitrogens with one attached hydrogen (secondary N) is 1. The number of carbonyl (C=O) groups excluding carboxylic acids is 1. The number of rotatable bonds is 5. The number of hydrogen-bond donors (Lipinski definition) is 1. The Balaban J connectivity index is 1.55. The predicted molar refractivity (Wildman–Crippen MR) is 85.3 cm³/mol. The van der Waals surface area contributed by atoms with Crippen LogP contribution in [0.15, 0.2) is 30.3 Å². The molecule has 1 aromatic rings. The Morgan fingerprint density at radius 1 is 1.24 bits per heavy atom. The fourth-order valence-corrected chi connectivity index (χ4v) is 3.65. The zero-order chi connectivity index (χ0) is 14.7. The van der Waals surface area contributed by atoms with Gasteiger partial charge in [-0.05, 0) is 37.7 Å². The molecule has 114 valence electrons. The zero-order valence-electron chi connectivity index (χ0n) is 13.0. The van der Waals surface area contributed by atoms with Crippen molar-refractivity contribution in [1.29, 1.82) is 0 Å². The summed E-state index contributed by atoms with van der Waals surface area (Å²) < 4.78 is 0. The Morgan fingerprint density at radius 2 is 1.95 bits per heavy atom. The lowest BCUT2D eigenvalue weighted by atomic mass is 10.0. The Morgan fingerprint density at radius 3 is 2.62 bits per heavy atom. The van der Waals surface area contributed by atoms with E-state index in [1.807, 2.05) is 4.90 Å². The summed E-state index contributed by atoms with van der Waals surface area (Å²) in [6, 6.07) is 10.7. The van der Waals surface area contributed by atoms with Gasteiger partial charge < -0.3 is 10.2 Å². The van der Waals surface area contributed by atoms with Crippen molar-refractivity contribution in [2.75, 3.05) is 19.6 Å². The minimum Gasteiger partial charge on any atom is -0.342 e. The van der Waals surface area contributed by atoms with E-state index in [9.17, 15) is 4.79 Å². The summed E-state index contributed by atoms with van der Waals surface area (Å²) in [4.78, 5) is 14.3. The maximum Gasteiger partial charge on any atom is 0.236 e. The second-order valence-electron chi connectivity index (χ2n) is 6.47. The highest BCUT2D eigenvalue weighted by molar-refractivity contribution is 5.78. The molecule has 1 saturated carbocycles. The molecule has 1 aliphatic carbocycles. The van der Waals surface area contributed by atoms with Gasteiger partial charge in [0.15, 0.2) is 0 Å². The van der Waals surface area contributed by atoms with Gasteiger partial charge in [-0.2, -0.15) is 0 Å². The lowest BCUT2D eigenvalue weighted by Gasteiger charge is -2.28. The Hall–Kier alpha value is -1.35. The summed E-state index contributed by atoms with van der Waals surface area (Å²) in [5, 5.41) is 3.57. The van der Waals surface area contributed by atoms with Crippen LogP contribution in [-0.4, -0.2) is 36.0 Å². The lowest BCUT2D eigenvalue weighted by molar-refractivity contribution is -0.131. The number of nitrogens with zero attached hydrogens (tertiary/aromatic N) is 1. The molecule has 2 atom stereocenters. The topological polar surface area (TPSA) is 32.3 Å². The minimum absolute atomic E-state index is 0.146. The van der Waals surface area contributed by atoms with E-state index in [0.29, 0.717) is 12.5 Å². The molecule has 0 aromatic heterocycles. The second kappa shape index (κ2) is 6.18. The standard InChI is InChI=1S/C18H26N2O/c1-2-18(13-16(18)15-9-5-3-6-10-15)19-14-17(21)20-11-7-4-8-12-20/h3,5-6,9-10,16,19H,2,4,7-8,11-14H2,1H3/t16-,18+/m0/s1. The van der Waals surface area contributed by atoms with Crippen LogP contribution < -0.4 is 5.32 Å². The Bertz CT molecular complexity index is 481. The van der Waals surface area contributed by atoms with Gasteiger partial charge in [-0.25, -0.2) is 0 Å². The van der Waals surface area contributed by atoms with Gasteiger partial charge >= 0.3 is 0 Å². The van der Waals surface area contributed by atoms with Crippen molar-refractivity contribution in [3.63, 3.8) is 0 Å². The van der Waals surface area contributed by atoms with Crippen LogP contribution in [0.5, 0.6) is 0 Å². The van der Waals surface area contributed by atoms with Gasteiger partial charge in [-0.1, -0.05) is 37.3 Å². The first-order valence-electron chi connectivity index (χ1n) is 8.33. The molecule has 2 aliphatic rings. The van der Waals surface area contributed by atoms with E-state index >= 15 is 0 Å². The molecular weight excluding hydrogens is 260 g/mol. The predicted octanol–water partition coefficient (Wildman–Crippen LogP) is 2.92. The van der Waals surface area contributed by atoms with Crippen molar-refractivity contribution < 1.29 is 4.79 Å². The monoisotopic (exact) mass is 286 g/mol. The smallest absolute Gasteiger partial charge is 0.236 e. The highest BCUT2D eigenvalue weighted by Crippen LogP contribution is 2.53. The fraction of sp³-hybridized carbons (Fsp3) is 0.611.